The van der Waals surface area contributed by atoms with Crippen molar-refractivity contribution in [1.82, 2.24) is 10.2 Å². The zero-order chi connectivity index (χ0) is 13.1. The van der Waals surface area contributed by atoms with Gasteiger partial charge in [-0.2, -0.15) is 0 Å². The highest BCUT2D eigenvalue weighted by Crippen LogP contribution is 2.24. The normalized spacial score (nSPS) is 13.6. The Morgan fingerprint density at radius 3 is 2.78 bits per heavy atom. The van der Waals surface area contributed by atoms with Crippen LogP contribution in [-0.4, -0.2) is 33.7 Å². The maximum absolute atomic E-state index is 11.7. The Bertz CT molecular complexity index is 525. The van der Waals surface area contributed by atoms with Gasteiger partial charge in [-0.15, -0.1) is 0 Å². The number of carbonyl (C=O) groups excluding carboxylic acids is 1. The van der Waals surface area contributed by atoms with Crippen molar-refractivity contribution < 1.29 is 19.8 Å². The fraction of sp³-hybridized carbons (Fsp3) is 0.167. The summed E-state index contributed by atoms with van der Waals surface area (Å²) >= 11 is 0. The lowest BCUT2D eigenvalue weighted by Crippen LogP contribution is -2.40. The number of aliphatic hydroxyl groups is 1. The van der Waals surface area contributed by atoms with Crippen LogP contribution in [0.1, 0.15) is 11.1 Å². The van der Waals surface area contributed by atoms with E-state index in [1.54, 1.807) is 18.2 Å². The van der Waals surface area contributed by atoms with Gasteiger partial charge in [0.2, 0.25) is 0 Å². The fourth-order valence-corrected chi connectivity index (χ4v) is 1.74. The second-order valence-electron chi connectivity index (χ2n) is 3.85. The summed E-state index contributed by atoms with van der Waals surface area (Å²) < 4.78 is 0. The Hall–Kier alpha value is -2.50. The van der Waals surface area contributed by atoms with E-state index in [4.69, 9.17) is 5.11 Å². The summed E-state index contributed by atoms with van der Waals surface area (Å²) in [5, 5.41) is 20.5. The van der Waals surface area contributed by atoms with Gasteiger partial charge >= 0.3 is 12.0 Å². The van der Waals surface area contributed by atoms with Gasteiger partial charge in [0.1, 0.15) is 12.3 Å². The summed E-state index contributed by atoms with van der Waals surface area (Å²) in [4.78, 5) is 23.2. The first-order chi connectivity index (χ1) is 8.58. The molecule has 6 heteroatoms. The summed E-state index contributed by atoms with van der Waals surface area (Å²) in [6.45, 7) is -0.155. The van der Waals surface area contributed by atoms with Crippen molar-refractivity contribution in [2.75, 3.05) is 6.54 Å². The average molecular weight is 248 g/mol. The third kappa shape index (κ3) is 2.42. The van der Waals surface area contributed by atoms with Crippen LogP contribution in [0.3, 0.4) is 0 Å². The number of amides is 2. The molecule has 6 nitrogen and oxygen atoms in total. The minimum Gasteiger partial charge on any atom is -0.506 e. The van der Waals surface area contributed by atoms with Crippen molar-refractivity contribution in [2.45, 2.75) is 6.54 Å². The highest BCUT2D eigenvalue weighted by Gasteiger charge is 2.20. The fourth-order valence-electron chi connectivity index (χ4n) is 1.74. The average Bonchev–Trinajstić information content (AvgIpc) is 2.36. The third-order valence-corrected chi connectivity index (χ3v) is 2.56. The van der Waals surface area contributed by atoms with Gasteiger partial charge in [-0.25, -0.2) is 4.79 Å². The number of fused-ring (bicyclic) bond motifs is 1. The Morgan fingerprint density at radius 1 is 1.33 bits per heavy atom. The standard InChI is InChI=1S/C12H12N2O4/c15-10-7-14(12(18)13-5-11(16)17)6-8-3-1-2-4-9(8)10/h1-4,7,15H,5-6H2,(H,13,18)(H,16,17). The number of aliphatic hydroxyl groups excluding tert-OH is 1. The van der Waals surface area contributed by atoms with Crippen molar-refractivity contribution in [3.8, 4) is 0 Å². The molecule has 1 heterocycles. The highest BCUT2D eigenvalue weighted by molar-refractivity contribution is 5.82. The van der Waals surface area contributed by atoms with Crippen LogP contribution in [0.4, 0.5) is 4.79 Å². The number of carboxylic acids is 1. The Kier molecular flexibility index (Phi) is 3.18. The summed E-state index contributed by atoms with van der Waals surface area (Å²) in [6, 6.07) is 6.61. The van der Waals surface area contributed by atoms with E-state index in [1.807, 2.05) is 6.07 Å². The van der Waals surface area contributed by atoms with Gasteiger partial charge in [0.05, 0.1) is 12.7 Å². The summed E-state index contributed by atoms with van der Waals surface area (Å²) in [5.74, 6) is -1.13. The van der Waals surface area contributed by atoms with Gasteiger partial charge < -0.3 is 15.5 Å². The van der Waals surface area contributed by atoms with Crippen molar-refractivity contribution in [3.05, 3.63) is 41.6 Å². The predicted octanol–water partition coefficient (Wildman–Crippen LogP) is 1.15. The van der Waals surface area contributed by atoms with Gasteiger partial charge in [0.25, 0.3) is 0 Å². The number of urea groups is 1. The van der Waals surface area contributed by atoms with Crippen molar-refractivity contribution in [3.63, 3.8) is 0 Å². The second-order valence-corrected chi connectivity index (χ2v) is 3.85. The molecule has 0 spiro atoms. The van der Waals surface area contributed by atoms with E-state index in [0.29, 0.717) is 12.1 Å². The lowest BCUT2D eigenvalue weighted by atomic mass is 10.0. The van der Waals surface area contributed by atoms with Crippen molar-refractivity contribution in [2.24, 2.45) is 0 Å². The van der Waals surface area contributed by atoms with Crippen LogP contribution in [0.2, 0.25) is 0 Å². The van der Waals surface area contributed by atoms with Crippen molar-refractivity contribution in [1.29, 1.82) is 0 Å². The number of nitrogens with zero attached hydrogens (tertiary/aromatic N) is 1. The molecule has 94 valence electrons. The largest absolute Gasteiger partial charge is 0.506 e. The van der Waals surface area contributed by atoms with Gasteiger partial charge in [-0.05, 0) is 5.56 Å². The van der Waals surface area contributed by atoms with Crippen LogP contribution < -0.4 is 5.32 Å². The molecule has 0 aliphatic carbocycles. The maximum atomic E-state index is 11.7. The van der Waals surface area contributed by atoms with E-state index in [9.17, 15) is 14.7 Å². The van der Waals surface area contributed by atoms with Crippen LogP contribution in [0.5, 0.6) is 0 Å². The number of benzene rings is 1. The molecule has 0 aromatic heterocycles. The quantitative estimate of drug-likeness (QED) is 0.732. The number of carboxylic acid groups (broad SMARTS) is 1. The molecule has 1 aromatic carbocycles. The predicted molar refractivity (Wildman–Crippen MR) is 63.6 cm³/mol. The lowest BCUT2D eigenvalue weighted by Gasteiger charge is -2.24. The molecule has 1 aromatic rings. The first kappa shape index (κ1) is 12.0. The molecule has 1 aliphatic rings. The molecule has 1 aliphatic heterocycles. The maximum Gasteiger partial charge on any atom is 0.323 e. The molecule has 2 amide bonds. The number of carbonyl (C=O) groups is 2. The van der Waals surface area contributed by atoms with Gasteiger partial charge in [0.15, 0.2) is 0 Å². The minimum atomic E-state index is -1.12. The lowest BCUT2D eigenvalue weighted by molar-refractivity contribution is -0.135. The molecule has 18 heavy (non-hydrogen) atoms. The van der Waals surface area contributed by atoms with Gasteiger partial charge in [-0.3, -0.25) is 9.69 Å². The van der Waals surface area contributed by atoms with E-state index < -0.39 is 18.5 Å². The van der Waals surface area contributed by atoms with E-state index in [1.165, 1.54) is 11.1 Å². The summed E-state index contributed by atoms with van der Waals surface area (Å²) in [6.07, 6.45) is 1.29. The van der Waals surface area contributed by atoms with E-state index in [2.05, 4.69) is 5.32 Å². The highest BCUT2D eigenvalue weighted by atomic mass is 16.4. The summed E-state index contributed by atoms with van der Waals surface area (Å²) in [7, 11) is 0. The summed E-state index contributed by atoms with van der Waals surface area (Å²) in [5.41, 5.74) is 1.49. The van der Waals surface area contributed by atoms with E-state index in [-0.39, 0.29) is 5.76 Å². The van der Waals surface area contributed by atoms with Crippen LogP contribution in [-0.2, 0) is 11.3 Å². The van der Waals surface area contributed by atoms with Crippen molar-refractivity contribution >= 4 is 17.8 Å². The van der Waals surface area contributed by atoms with E-state index >= 15 is 0 Å². The monoisotopic (exact) mass is 248 g/mol. The first-order valence-corrected chi connectivity index (χ1v) is 5.33. The molecular weight excluding hydrogens is 236 g/mol. The zero-order valence-corrected chi connectivity index (χ0v) is 9.46. The molecule has 3 N–H and O–H groups in total. The zero-order valence-electron chi connectivity index (χ0n) is 9.46. The molecular formula is C12H12N2O4. The molecule has 0 radical (unpaired) electrons. The number of nitrogens with one attached hydrogen (secondary N) is 1. The molecule has 0 fully saturated rings. The molecule has 0 atom stereocenters. The Morgan fingerprint density at radius 2 is 2.06 bits per heavy atom. The van der Waals surface area contributed by atoms with Crippen LogP contribution in [0.25, 0.3) is 5.76 Å². The Labute approximate surface area is 103 Å². The van der Waals surface area contributed by atoms with Crippen LogP contribution in [0.15, 0.2) is 30.5 Å². The minimum absolute atomic E-state index is 0.0117. The molecule has 0 saturated carbocycles. The molecule has 0 saturated heterocycles. The number of hydrogen-bond acceptors (Lipinski definition) is 3. The molecule has 0 bridgehead atoms. The SMILES string of the molecule is O=C(O)CNC(=O)N1C=C(O)c2ccccc2C1. The third-order valence-electron chi connectivity index (χ3n) is 2.56. The van der Waals surface area contributed by atoms with Gasteiger partial charge in [0, 0.05) is 5.56 Å². The smallest absolute Gasteiger partial charge is 0.323 e. The first-order valence-electron chi connectivity index (χ1n) is 5.33. The number of aliphatic carboxylic acids is 1. The van der Waals surface area contributed by atoms with Crippen LogP contribution >= 0.6 is 0 Å². The molecule has 2 rings (SSSR count). The van der Waals surface area contributed by atoms with Gasteiger partial charge in [-0.1, -0.05) is 24.3 Å². The molecule has 0 unspecified atom stereocenters. The van der Waals surface area contributed by atoms with E-state index in [0.717, 1.165) is 5.56 Å². The number of rotatable bonds is 2. The number of hydrogen-bond donors (Lipinski definition) is 3. The van der Waals surface area contributed by atoms with Crippen LogP contribution in [0, 0.1) is 0 Å². The Balaban J connectivity index is 2.13. The topological polar surface area (TPSA) is 89.9 Å². The second kappa shape index (κ2) is 4.79.